The molecule has 2 aliphatic rings. The smallest absolute Gasteiger partial charge is 0.115 e. The summed E-state index contributed by atoms with van der Waals surface area (Å²) in [6.07, 6.45) is 32.0. The third-order valence-electron chi connectivity index (χ3n) is 7.19. The molecule has 234 valence electrons. The van der Waals surface area contributed by atoms with E-state index in [9.17, 15) is 10.5 Å². The first-order chi connectivity index (χ1) is 20.7. The fourth-order valence-electron chi connectivity index (χ4n) is 4.71. The van der Waals surface area contributed by atoms with Crippen LogP contribution in [0.3, 0.4) is 0 Å². The lowest BCUT2D eigenvalue weighted by molar-refractivity contribution is 0.563. The predicted molar refractivity (Wildman–Crippen MR) is 200 cm³/mol. The third-order valence-corrected chi connectivity index (χ3v) is 15.1. The van der Waals surface area contributed by atoms with Gasteiger partial charge in [0.2, 0.25) is 0 Å². The normalized spacial score (nSPS) is 15.0. The first-order valence-electron chi connectivity index (χ1n) is 16.4. The van der Waals surface area contributed by atoms with Crippen LogP contribution in [0.5, 0.6) is 0 Å². The van der Waals surface area contributed by atoms with E-state index >= 15 is 0 Å². The Kier molecular flexibility index (Phi) is 23.9. The molecule has 0 aliphatic carbocycles. The molecule has 0 saturated heterocycles. The first-order valence-corrected chi connectivity index (χ1v) is 21.6. The van der Waals surface area contributed by atoms with Crippen LogP contribution in [0.2, 0.25) is 0 Å². The minimum atomic E-state index is 0.525. The van der Waals surface area contributed by atoms with Gasteiger partial charge in [-0.3, -0.25) is 0 Å². The van der Waals surface area contributed by atoms with Crippen molar-refractivity contribution in [3.8, 4) is 12.1 Å². The molecule has 0 aromatic carbocycles. The van der Waals surface area contributed by atoms with Crippen molar-refractivity contribution < 1.29 is 0 Å². The standard InChI is InChI=1S/C34H52N2S6/c1-3-5-7-9-11-13-15-17-19-21-25-37-33-34(38-26-22-20-18-16-14-12-10-8-6-4-2)42-32(41-33)24-23-31-39-29(27-35)30(28-36)40-31/h23-24H,3-22,25-26H2,1-2H3. The average molecular weight is 681 g/mol. The molecule has 42 heavy (non-hydrogen) atoms. The Morgan fingerprint density at radius 2 is 0.786 bits per heavy atom. The fraction of sp³-hybridized carbons (Fsp3) is 0.706. The van der Waals surface area contributed by atoms with Crippen molar-refractivity contribution in [2.24, 2.45) is 0 Å². The molecule has 2 rings (SSSR count). The van der Waals surface area contributed by atoms with Gasteiger partial charge in [-0.05, 0) is 36.5 Å². The monoisotopic (exact) mass is 680 g/mol. The van der Waals surface area contributed by atoms with Crippen LogP contribution in [0, 0.1) is 22.7 Å². The van der Waals surface area contributed by atoms with E-state index in [1.807, 2.05) is 23.5 Å². The van der Waals surface area contributed by atoms with Gasteiger partial charge in [-0.1, -0.05) is 176 Å². The molecule has 8 heteroatoms. The maximum Gasteiger partial charge on any atom is 0.115 e. The number of hydrogen-bond acceptors (Lipinski definition) is 8. The van der Waals surface area contributed by atoms with Crippen molar-refractivity contribution in [2.45, 2.75) is 142 Å². The Hall–Kier alpha value is 0.0400. The highest BCUT2D eigenvalue weighted by molar-refractivity contribution is 8.40. The molecule has 2 heterocycles. The molecule has 0 fully saturated rings. The molecule has 0 N–H and O–H groups in total. The van der Waals surface area contributed by atoms with Gasteiger partial charge in [-0.2, -0.15) is 10.5 Å². The molecule has 0 saturated carbocycles. The van der Waals surface area contributed by atoms with E-state index in [2.05, 4.69) is 61.7 Å². The van der Waals surface area contributed by atoms with Gasteiger partial charge in [-0.15, -0.1) is 23.5 Å². The molecule has 0 radical (unpaired) electrons. The van der Waals surface area contributed by atoms with Crippen molar-refractivity contribution >= 4 is 70.6 Å². The Morgan fingerprint density at radius 1 is 0.476 bits per heavy atom. The average Bonchev–Trinajstić information content (AvgIpc) is 3.60. The molecule has 0 spiro atoms. The van der Waals surface area contributed by atoms with Crippen LogP contribution >= 0.6 is 70.6 Å². The van der Waals surface area contributed by atoms with Gasteiger partial charge in [0.25, 0.3) is 0 Å². The molecule has 0 amide bonds. The summed E-state index contributed by atoms with van der Waals surface area (Å²) >= 11 is 10.8. The Bertz CT molecular complexity index is 901. The van der Waals surface area contributed by atoms with Crippen molar-refractivity contribution in [1.29, 1.82) is 10.5 Å². The van der Waals surface area contributed by atoms with Gasteiger partial charge in [0.15, 0.2) is 0 Å². The minimum Gasteiger partial charge on any atom is -0.192 e. The lowest BCUT2D eigenvalue weighted by atomic mass is 10.1. The maximum atomic E-state index is 9.28. The summed E-state index contributed by atoms with van der Waals surface area (Å²) in [5.41, 5.74) is 0. The largest absolute Gasteiger partial charge is 0.192 e. The zero-order chi connectivity index (χ0) is 30.1. The van der Waals surface area contributed by atoms with E-state index in [0.717, 1.165) is 4.24 Å². The fourth-order valence-corrected chi connectivity index (χ4v) is 12.5. The van der Waals surface area contributed by atoms with Crippen LogP contribution in [-0.2, 0) is 0 Å². The van der Waals surface area contributed by atoms with Crippen LogP contribution in [0.25, 0.3) is 0 Å². The highest BCUT2D eigenvalue weighted by Gasteiger charge is 2.23. The van der Waals surface area contributed by atoms with Gasteiger partial charge in [0.05, 0.1) is 16.9 Å². The van der Waals surface area contributed by atoms with Crippen molar-refractivity contribution in [3.63, 3.8) is 0 Å². The van der Waals surface area contributed by atoms with Crippen LogP contribution in [0.4, 0.5) is 0 Å². The van der Waals surface area contributed by atoms with Gasteiger partial charge >= 0.3 is 0 Å². The molecular weight excluding hydrogens is 629 g/mol. The summed E-state index contributed by atoms with van der Waals surface area (Å²) in [7, 11) is 0. The zero-order valence-electron chi connectivity index (χ0n) is 26.1. The number of thioether (sulfide) groups is 6. The molecule has 0 aromatic heterocycles. The van der Waals surface area contributed by atoms with Crippen LogP contribution in [-0.4, -0.2) is 11.5 Å². The van der Waals surface area contributed by atoms with Crippen molar-refractivity contribution in [1.82, 2.24) is 0 Å². The number of hydrogen-bond donors (Lipinski definition) is 0. The number of nitrogens with zero attached hydrogens (tertiary/aromatic N) is 2. The van der Waals surface area contributed by atoms with E-state index in [4.69, 9.17) is 0 Å². The van der Waals surface area contributed by atoms with Crippen molar-refractivity contribution in [3.05, 3.63) is 38.9 Å². The second-order valence-corrected chi connectivity index (χ2v) is 18.4. The zero-order valence-corrected chi connectivity index (χ0v) is 31.0. The van der Waals surface area contributed by atoms with Gasteiger partial charge < -0.3 is 0 Å². The Morgan fingerprint density at radius 3 is 1.12 bits per heavy atom. The second kappa shape index (κ2) is 26.3. The van der Waals surface area contributed by atoms with Gasteiger partial charge in [0, 0.05) is 0 Å². The Balaban J connectivity index is 1.73. The van der Waals surface area contributed by atoms with E-state index in [0.29, 0.717) is 9.81 Å². The van der Waals surface area contributed by atoms with Gasteiger partial charge in [-0.25, -0.2) is 0 Å². The number of unbranched alkanes of at least 4 members (excludes halogenated alkanes) is 18. The van der Waals surface area contributed by atoms with E-state index in [-0.39, 0.29) is 0 Å². The topological polar surface area (TPSA) is 47.6 Å². The number of nitriles is 2. The highest BCUT2D eigenvalue weighted by atomic mass is 32.3. The van der Waals surface area contributed by atoms with Crippen molar-refractivity contribution in [2.75, 3.05) is 11.5 Å². The summed E-state index contributed by atoms with van der Waals surface area (Å²) in [6, 6.07) is 4.32. The summed E-state index contributed by atoms with van der Waals surface area (Å²) in [6.45, 7) is 4.58. The summed E-state index contributed by atoms with van der Waals surface area (Å²) in [5.74, 6) is 2.42. The summed E-state index contributed by atoms with van der Waals surface area (Å²) in [5, 5.41) is 18.6. The molecular formula is C34H52N2S6. The lowest BCUT2D eigenvalue weighted by Crippen LogP contribution is -1.85. The quantitative estimate of drug-likeness (QED) is 0.0883. The second-order valence-electron chi connectivity index (χ2n) is 10.9. The van der Waals surface area contributed by atoms with Crippen LogP contribution in [0.15, 0.2) is 38.9 Å². The van der Waals surface area contributed by atoms with Crippen LogP contribution in [0.1, 0.15) is 142 Å². The summed E-state index contributed by atoms with van der Waals surface area (Å²) < 4.78 is 5.29. The highest BCUT2D eigenvalue weighted by Crippen LogP contribution is 2.58. The lowest BCUT2D eigenvalue weighted by Gasteiger charge is -2.06. The number of rotatable bonds is 25. The predicted octanol–water partition coefficient (Wildman–Crippen LogP) is 14.3. The summed E-state index contributed by atoms with van der Waals surface area (Å²) in [4.78, 5) is 1.05. The molecule has 0 aromatic rings. The van der Waals surface area contributed by atoms with E-state index in [1.165, 1.54) is 176 Å². The maximum absolute atomic E-state index is 9.28. The third kappa shape index (κ3) is 17.5. The molecule has 2 aliphatic heterocycles. The molecule has 0 unspecified atom stereocenters. The van der Waals surface area contributed by atoms with E-state index < -0.39 is 0 Å². The molecule has 0 bridgehead atoms. The number of allylic oxidation sites excluding steroid dienone is 4. The molecule has 2 nitrogen and oxygen atoms in total. The van der Waals surface area contributed by atoms with Gasteiger partial charge in [0.1, 0.15) is 21.9 Å². The van der Waals surface area contributed by atoms with Crippen LogP contribution < -0.4 is 0 Å². The Labute approximate surface area is 284 Å². The molecule has 0 atom stereocenters. The van der Waals surface area contributed by atoms with E-state index in [1.54, 1.807) is 0 Å². The first kappa shape index (κ1) is 38.2. The SMILES string of the molecule is CCCCCCCCCCCCSC1=C(SCCCCCCCCCCCC)SC(=CC=C2SC(C#N)=C(C#N)S2)S1. The minimum absolute atomic E-state index is 0.525.